The average Bonchev–Trinajstić information content (AvgIpc) is 2.87. The van der Waals surface area contributed by atoms with Crippen LogP contribution in [0.3, 0.4) is 0 Å². The predicted molar refractivity (Wildman–Crippen MR) is 78.9 cm³/mol. The van der Waals surface area contributed by atoms with E-state index in [1.54, 1.807) is 7.05 Å². The van der Waals surface area contributed by atoms with Gasteiger partial charge in [0.2, 0.25) is 5.82 Å². The molecule has 0 bridgehead atoms. The number of unbranched alkanes of at least 4 members (excludes halogenated alkanes) is 1. The fourth-order valence-electron chi connectivity index (χ4n) is 2.13. The van der Waals surface area contributed by atoms with Gasteiger partial charge in [0.25, 0.3) is 0 Å². The molecule has 2 rings (SSSR count). The number of aryl methyl sites for hydroxylation is 3. The monoisotopic (exact) mass is 288 g/mol. The molecule has 0 saturated heterocycles. The normalized spacial score (nSPS) is 10.7. The molecule has 1 heterocycles. The van der Waals surface area contributed by atoms with Crippen LogP contribution in [0.15, 0.2) is 12.1 Å². The number of aromatic nitrogens is 4. The molecule has 0 spiro atoms. The van der Waals surface area contributed by atoms with E-state index in [0.29, 0.717) is 18.0 Å². The van der Waals surface area contributed by atoms with Crippen molar-refractivity contribution in [2.24, 2.45) is 7.05 Å². The average molecular weight is 288 g/mol. The Morgan fingerprint density at radius 2 is 1.95 bits per heavy atom. The topological polar surface area (TPSA) is 69.9 Å². The van der Waals surface area contributed by atoms with Crippen LogP contribution in [0.2, 0.25) is 0 Å². The van der Waals surface area contributed by atoms with Crippen LogP contribution in [-0.4, -0.2) is 26.2 Å². The fourth-order valence-corrected chi connectivity index (χ4v) is 2.13. The van der Waals surface area contributed by atoms with Gasteiger partial charge in [-0.05, 0) is 48.7 Å². The Labute approximate surface area is 124 Å². The minimum absolute atomic E-state index is 0.187. The third-order valence-electron chi connectivity index (χ3n) is 3.18. The first-order valence-electron chi connectivity index (χ1n) is 7.07. The summed E-state index contributed by atoms with van der Waals surface area (Å²) in [6, 6.07) is 3.82. The van der Waals surface area contributed by atoms with E-state index >= 15 is 0 Å². The van der Waals surface area contributed by atoms with E-state index in [1.807, 2.05) is 32.9 Å². The van der Waals surface area contributed by atoms with Crippen LogP contribution < -0.4 is 4.74 Å². The smallest absolute Gasteiger partial charge is 0.311 e. The largest absolute Gasteiger partial charge is 0.426 e. The van der Waals surface area contributed by atoms with Crippen LogP contribution in [0, 0.1) is 13.8 Å². The molecule has 6 nitrogen and oxygen atoms in total. The Morgan fingerprint density at radius 1 is 1.29 bits per heavy atom. The van der Waals surface area contributed by atoms with Crippen molar-refractivity contribution >= 4 is 5.97 Å². The highest BCUT2D eigenvalue weighted by molar-refractivity contribution is 5.74. The second kappa shape index (κ2) is 6.47. The zero-order chi connectivity index (χ0) is 15.4. The molecular weight excluding hydrogens is 268 g/mol. The zero-order valence-electron chi connectivity index (χ0n) is 12.9. The second-order valence-corrected chi connectivity index (χ2v) is 5.12. The Morgan fingerprint density at radius 3 is 2.48 bits per heavy atom. The summed E-state index contributed by atoms with van der Waals surface area (Å²) < 4.78 is 5.47. The molecule has 2 aromatic rings. The van der Waals surface area contributed by atoms with Crippen molar-refractivity contribution in [2.75, 3.05) is 0 Å². The van der Waals surface area contributed by atoms with Gasteiger partial charge < -0.3 is 4.74 Å². The number of esters is 1. The van der Waals surface area contributed by atoms with Crippen molar-refractivity contribution in [3.05, 3.63) is 23.3 Å². The van der Waals surface area contributed by atoms with Gasteiger partial charge in [0, 0.05) is 12.0 Å². The number of nitrogens with zero attached hydrogens (tertiary/aromatic N) is 4. The molecule has 0 amide bonds. The number of carbonyl (C=O) groups excluding carboxylic acids is 1. The van der Waals surface area contributed by atoms with Gasteiger partial charge in [-0.3, -0.25) is 4.79 Å². The standard InChI is InChI=1S/C15H20N4O2/c1-5-6-7-13(20)21-14-10(2)8-12(9-11(14)3)15-16-18-19(4)17-15/h8-9H,5-7H2,1-4H3. The van der Waals surface area contributed by atoms with E-state index in [2.05, 4.69) is 15.4 Å². The molecule has 0 radical (unpaired) electrons. The summed E-state index contributed by atoms with van der Waals surface area (Å²) in [6.07, 6.45) is 2.27. The molecule has 0 unspecified atom stereocenters. The lowest BCUT2D eigenvalue weighted by Crippen LogP contribution is -2.09. The van der Waals surface area contributed by atoms with Gasteiger partial charge in [0.1, 0.15) is 5.75 Å². The number of hydrogen-bond acceptors (Lipinski definition) is 5. The third kappa shape index (κ3) is 3.65. The van der Waals surface area contributed by atoms with Gasteiger partial charge >= 0.3 is 5.97 Å². The quantitative estimate of drug-likeness (QED) is 0.624. The first-order valence-corrected chi connectivity index (χ1v) is 7.07. The van der Waals surface area contributed by atoms with Crippen LogP contribution in [0.5, 0.6) is 5.75 Å². The lowest BCUT2D eigenvalue weighted by atomic mass is 10.1. The Balaban J connectivity index is 2.23. The second-order valence-electron chi connectivity index (χ2n) is 5.12. The predicted octanol–water partition coefficient (Wildman–Crippen LogP) is 2.59. The van der Waals surface area contributed by atoms with Crippen molar-refractivity contribution in [2.45, 2.75) is 40.0 Å². The lowest BCUT2D eigenvalue weighted by Gasteiger charge is -2.11. The van der Waals surface area contributed by atoms with Crippen LogP contribution in [0.1, 0.15) is 37.3 Å². The number of benzene rings is 1. The SMILES string of the molecule is CCCCC(=O)Oc1c(C)cc(-c2nnn(C)n2)cc1C. The minimum Gasteiger partial charge on any atom is -0.426 e. The van der Waals surface area contributed by atoms with Gasteiger partial charge in [-0.15, -0.1) is 10.2 Å². The summed E-state index contributed by atoms with van der Waals surface area (Å²) in [4.78, 5) is 13.2. The first-order chi connectivity index (χ1) is 10.0. The Hall–Kier alpha value is -2.24. The molecule has 1 aromatic carbocycles. The molecule has 0 saturated carbocycles. The summed E-state index contributed by atoms with van der Waals surface area (Å²) >= 11 is 0. The third-order valence-corrected chi connectivity index (χ3v) is 3.18. The van der Waals surface area contributed by atoms with Gasteiger partial charge in [-0.1, -0.05) is 13.3 Å². The molecule has 0 fully saturated rings. The van der Waals surface area contributed by atoms with Crippen molar-refractivity contribution in [3.8, 4) is 17.1 Å². The van der Waals surface area contributed by atoms with E-state index < -0.39 is 0 Å². The summed E-state index contributed by atoms with van der Waals surface area (Å²) in [6.45, 7) is 5.87. The molecule has 0 atom stereocenters. The van der Waals surface area contributed by atoms with Gasteiger partial charge in [0.05, 0.1) is 7.05 Å². The number of hydrogen-bond donors (Lipinski definition) is 0. The van der Waals surface area contributed by atoms with Crippen molar-refractivity contribution < 1.29 is 9.53 Å². The van der Waals surface area contributed by atoms with Crippen LogP contribution in [-0.2, 0) is 11.8 Å². The summed E-state index contributed by atoms with van der Waals surface area (Å²) in [5.41, 5.74) is 2.65. The Kier molecular flexibility index (Phi) is 4.67. The summed E-state index contributed by atoms with van der Waals surface area (Å²) in [7, 11) is 1.72. The maximum absolute atomic E-state index is 11.8. The van der Waals surface area contributed by atoms with E-state index in [9.17, 15) is 4.79 Å². The number of ether oxygens (including phenoxy) is 1. The Bertz CT molecular complexity index is 626. The first kappa shape index (κ1) is 15.2. The molecule has 0 aliphatic carbocycles. The highest BCUT2D eigenvalue weighted by Crippen LogP contribution is 2.28. The van der Waals surface area contributed by atoms with E-state index in [1.165, 1.54) is 4.80 Å². The molecule has 6 heteroatoms. The van der Waals surface area contributed by atoms with Crippen molar-refractivity contribution in [3.63, 3.8) is 0 Å². The van der Waals surface area contributed by atoms with Crippen LogP contribution in [0.25, 0.3) is 11.4 Å². The van der Waals surface area contributed by atoms with Crippen molar-refractivity contribution in [1.82, 2.24) is 20.2 Å². The minimum atomic E-state index is -0.187. The summed E-state index contributed by atoms with van der Waals surface area (Å²) in [5.74, 6) is 1.00. The van der Waals surface area contributed by atoms with Crippen LogP contribution in [0.4, 0.5) is 0 Å². The lowest BCUT2D eigenvalue weighted by molar-refractivity contribution is -0.134. The highest BCUT2D eigenvalue weighted by Gasteiger charge is 2.13. The fraction of sp³-hybridized carbons (Fsp3) is 0.467. The number of rotatable bonds is 5. The van der Waals surface area contributed by atoms with E-state index in [-0.39, 0.29) is 5.97 Å². The molecule has 21 heavy (non-hydrogen) atoms. The maximum atomic E-state index is 11.8. The maximum Gasteiger partial charge on any atom is 0.311 e. The highest BCUT2D eigenvalue weighted by atomic mass is 16.5. The van der Waals surface area contributed by atoms with Gasteiger partial charge in [-0.25, -0.2) is 0 Å². The summed E-state index contributed by atoms with van der Waals surface area (Å²) in [5, 5.41) is 12.0. The van der Waals surface area contributed by atoms with E-state index in [4.69, 9.17) is 4.74 Å². The number of carbonyl (C=O) groups is 1. The molecule has 112 valence electrons. The number of tetrazole rings is 1. The molecule has 0 aliphatic rings. The van der Waals surface area contributed by atoms with Crippen molar-refractivity contribution in [1.29, 1.82) is 0 Å². The molecule has 1 aromatic heterocycles. The van der Waals surface area contributed by atoms with Gasteiger partial charge in [-0.2, -0.15) is 4.80 Å². The van der Waals surface area contributed by atoms with E-state index in [0.717, 1.165) is 29.5 Å². The van der Waals surface area contributed by atoms with Gasteiger partial charge in [0.15, 0.2) is 0 Å². The molecule has 0 N–H and O–H groups in total. The molecular formula is C15H20N4O2. The zero-order valence-corrected chi connectivity index (χ0v) is 12.9. The molecule has 0 aliphatic heterocycles. The van der Waals surface area contributed by atoms with Crippen LogP contribution >= 0.6 is 0 Å².